The van der Waals surface area contributed by atoms with Gasteiger partial charge in [0.1, 0.15) is 0 Å². The van der Waals surface area contributed by atoms with E-state index < -0.39 is 10.0 Å². The van der Waals surface area contributed by atoms with Crippen molar-refractivity contribution in [2.24, 2.45) is 0 Å². The second-order valence-electron chi connectivity index (χ2n) is 6.02. The summed E-state index contributed by atoms with van der Waals surface area (Å²) in [4.78, 5) is 12.1. The summed E-state index contributed by atoms with van der Waals surface area (Å²) < 4.78 is 25.3. The maximum absolute atomic E-state index is 12.1. The summed E-state index contributed by atoms with van der Waals surface area (Å²) in [5.74, 6) is -0.210. The van der Waals surface area contributed by atoms with Gasteiger partial charge in [-0.3, -0.25) is 4.79 Å². The quantitative estimate of drug-likeness (QED) is 0.711. The monoisotopic (exact) mass is 394 g/mol. The highest BCUT2D eigenvalue weighted by Crippen LogP contribution is 2.14. The molecule has 0 saturated carbocycles. The smallest absolute Gasteiger partial charge is 0.221 e. The van der Waals surface area contributed by atoms with Crippen molar-refractivity contribution in [2.45, 2.75) is 19.4 Å². The lowest BCUT2D eigenvalue weighted by atomic mass is 10.1. The Morgan fingerprint density at radius 2 is 1.69 bits per heavy atom. The van der Waals surface area contributed by atoms with E-state index in [9.17, 15) is 13.2 Å². The first-order valence-electron chi connectivity index (χ1n) is 8.35. The van der Waals surface area contributed by atoms with Gasteiger partial charge < -0.3 is 5.32 Å². The highest BCUT2D eigenvalue weighted by atomic mass is 35.5. The molecule has 2 aromatic rings. The first-order valence-corrected chi connectivity index (χ1v) is 10.6. The van der Waals surface area contributed by atoms with Crippen LogP contribution < -0.4 is 5.32 Å². The highest BCUT2D eigenvalue weighted by molar-refractivity contribution is 7.88. The zero-order valence-electron chi connectivity index (χ0n) is 14.7. The van der Waals surface area contributed by atoms with E-state index in [1.165, 1.54) is 10.6 Å². The number of carbonyl (C=O) groups is 1. The maximum Gasteiger partial charge on any atom is 0.221 e. The predicted octanol–water partition coefficient (Wildman–Crippen LogP) is 2.85. The summed E-state index contributed by atoms with van der Waals surface area (Å²) in [6.07, 6.45) is 1.88. The van der Waals surface area contributed by atoms with E-state index in [-0.39, 0.29) is 18.9 Å². The van der Waals surface area contributed by atoms with Crippen molar-refractivity contribution in [1.82, 2.24) is 9.62 Å². The van der Waals surface area contributed by atoms with Crippen molar-refractivity contribution in [2.75, 3.05) is 19.3 Å². The molecule has 140 valence electrons. The predicted molar refractivity (Wildman–Crippen MR) is 104 cm³/mol. The van der Waals surface area contributed by atoms with Gasteiger partial charge in [0.25, 0.3) is 0 Å². The van der Waals surface area contributed by atoms with E-state index in [4.69, 9.17) is 11.6 Å². The molecule has 2 rings (SSSR count). The third kappa shape index (κ3) is 6.78. The zero-order chi connectivity index (χ0) is 19.0. The average Bonchev–Trinajstić information content (AvgIpc) is 2.60. The van der Waals surface area contributed by atoms with Gasteiger partial charge in [0.2, 0.25) is 15.9 Å². The van der Waals surface area contributed by atoms with Crippen molar-refractivity contribution >= 4 is 27.5 Å². The molecule has 1 amide bonds. The number of benzene rings is 2. The molecule has 0 atom stereocenters. The summed E-state index contributed by atoms with van der Waals surface area (Å²) in [6.45, 7) is 0.821. The Hall–Kier alpha value is -1.89. The first-order chi connectivity index (χ1) is 12.4. The lowest BCUT2D eigenvalue weighted by Crippen LogP contribution is -2.35. The van der Waals surface area contributed by atoms with Gasteiger partial charge in [-0.2, -0.15) is 0 Å². The molecule has 0 aromatic heterocycles. The Kier molecular flexibility index (Phi) is 7.63. The fourth-order valence-electron chi connectivity index (χ4n) is 2.49. The Balaban J connectivity index is 1.84. The molecule has 1 N–H and O–H groups in total. The van der Waals surface area contributed by atoms with Crippen LogP contribution in [0.3, 0.4) is 0 Å². The van der Waals surface area contributed by atoms with Crippen LogP contribution in [0.25, 0.3) is 0 Å². The topological polar surface area (TPSA) is 66.5 Å². The number of hydrogen-bond acceptors (Lipinski definition) is 3. The van der Waals surface area contributed by atoms with E-state index in [1.807, 2.05) is 48.5 Å². The maximum atomic E-state index is 12.1. The molecule has 26 heavy (non-hydrogen) atoms. The summed E-state index contributed by atoms with van der Waals surface area (Å²) in [5.41, 5.74) is 1.89. The van der Waals surface area contributed by atoms with E-state index in [0.717, 1.165) is 11.1 Å². The molecule has 0 saturated heterocycles. The summed E-state index contributed by atoms with van der Waals surface area (Å²) in [5, 5.41) is 3.37. The molecule has 0 aliphatic carbocycles. The van der Waals surface area contributed by atoms with Crippen LogP contribution in [-0.2, 0) is 27.8 Å². The van der Waals surface area contributed by atoms with E-state index in [1.54, 1.807) is 6.07 Å². The largest absolute Gasteiger partial charge is 0.352 e. The second-order valence-corrected chi connectivity index (χ2v) is 8.41. The van der Waals surface area contributed by atoms with E-state index >= 15 is 0 Å². The van der Waals surface area contributed by atoms with Gasteiger partial charge in [-0.25, -0.2) is 12.7 Å². The third-order valence-electron chi connectivity index (χ3n) is 3.98. The first kappa shape index (κ1) is 20.4. The second kappa shape index (κ2) is 9.71. The van der Waals surface area contributed by atoms with Crippen LogP contribution in [-0.4, -0.2) is 38.0 Å². The minimum absolute atomic E-state index is 0.103. The number of halogens is 1. The summed E-state index contributed by atoms with van der Waals surface area (Å²) >= 11 is 6.06. The Labute approximate surface area is 160 Å². The number of amides is 1. The molecular weight excluding hydrogens is 372 g/mol. The minimum atomic E-state index is -3.37. The van der Waals surface area contributed by atoms with Gasteiger partial charge in [-0.05, 0) is 23.6 Å². The molecule has 7 heteroatoms. The van der Waals surface area contributed by atoms with E-state index in [0.29, 0.717) is 24.5 Å². The van der Waals surface area contributed by atoms with Crippen LogP contribution in [0.4, 0.5) is 0 Å². The Bertz CT molecular complexity index is 826. The minimum Gasteiger partial charge on any atom is -0.352 e. The molecule has 0 unspecified atom stereocenters. The van der Waals surface area contributed by atoms with Crippen LogP contribution in [0.2, 0.25) is 5.02 Å². The fourth-order valence-corrected chi connectivity index (χ4v) is 3.54. The average molecular weight is 395 g/mol. The van der Waals surface area contributed by atoms with E-state index in [2.05, 4.69) is 5.32 Å². The molecule has 2 aromatic carbocycles. The molecule has 0 heterocycles. The van der Waals surface area contributed by atoms with Crippen molar-refractivity contribution < 1.29 is 13.2 Å². The highest BCUT2D eigenvalue weighted by Gasteiger charge is 2.17. The number of nitrogens with one attached hydrogen (secondary N) is 1. The lowest BCUT2D eigenvalue weighted by molar-refractivity contribution is -0.121. The van der Waals surface area contributed by atoms with Crippen LogP contribution in [0.5, 0.6) is 0 Å². The third-order valence-corrected chi connectivity index (χ3v) is 5.66. The summed E-state index contributed by atoms with van der Waals surface area (Å²) in [7, 11) is -3.37. The van der Waals surface area contributed by atoms with Gasteiger partial charge in [-0.15, -0.1) is 0 Å². The Morgan fingerprint density at radius 1 is 1.04 bits per heavy atom. The van der Waals surface area contributed by atoms with Crippen molar-refractivity contribution in [3.8, 4) is 0 Å². The van der Waals surface area contributed by atoms with Crippen molar-refractivity contribution in [3.63, 3.8) is 0 Å². The normalized spacial score (nSPS) is 11.5. The number of nitrogens with zero attached hydrogens (tertiary/aromatic N) is 1. The SMILES string of the molecule is CS(=O)(=O)N(CCC(=O)NCc1ccccc1Cl)CCc1ccccc1. The molecule has 0 aliphatic rings. The number of hydrogen-bond donors (Lipinski definition) is 1. The van der Waals surface area contributed by atoms with Crippen LogP contribution in [0, 0.1) is 0 Å². The lowest BCUT2D eigenvalue weighted by Gasteiger charge is -2.19. The van der Waals surface area contributed by atoms with Crippen LogP contribution in [0.15, 0.2) is 54.6 Å². The molecule has 0 spiro atoms. The molecule has 0 fully saturated rings. The zero-order valence-corrected chi connectivity index (χ0v) is 16.3. The molecular formula is C19H23ClN2O3S. The molecule has 0 radical (unpaired) electrons. The van der Waals surface area contributed by atoms with Gasteiger partial charge >= 0.3 is 0 Å². The van der Waals surface area contributed by atoms with Gasteiger partial charge in [-0.1, -0.05) is 60.1 Å². The van der Waals surface area contributed by atoms with Gasteiger partial charge in [0.15, 0.2) is 0 Å². The molecule has 5 nitrogen and oxygen atoms in total. The van der Waals surface area contributed by atoms with Crippen molar-refractivity contribution in [1.29, 1.82) is 0 Å². The Morgan fingerprint density at radius 3 is 2.35 bits per heavy atom. The van der Waals surface area contributed by atoms with Crippen LogP contribution >= 0.6 is 11.6 Å². The van der Waals surface area contributed by atoms with Crippen molar-refractivity contribution in [3.05, 3.63) is 70.7 Å². The molecule has 0 bridgehead atoms. The number of rotatable bonds is 9. The fraction of sp³-hybridized carbons (Fsp3) is 0.316. The standard InChI is InChI=1S/C19H23ClN2O3S/c1-26(24,25)22(13-11-16-7-3-2-4-8-16)14-12-19(23)21-15-17-9-5-6-10-18(17)20/h2-10H,11-15H2,1H3,(H,21,23). The number of sulfonamides is 1. The van der Waals surface area contributed by atoms with Crippen LogP contribution in [0.1, 0.15) is 17.5 Å². The molecule has 0 aliphatic heterocycles. The van der Waals surface area contributed by atoms with Gasteiger partial charge in [0.05, 0.1) is 6.26 Å². The van der Waals surface area contributed by atoms with Gasteiger partial charge in [0, 0.05) is 31.1 Å². The summed E-state index contributed by atoms with van der Waals surface area (Å²) in [6, 6.07) is 16.9. The number of carbonyl (C=O) groups excluding carboxylic acids is 1.